The van der Waals surface area contributed by atoms with E-state index in [0.717, 1.165) is 24.8 Å². The van der Waals surface area contributed by atoms with E-state index in [1.165, 1.54) is 0 Å². The number of hydrogen-bond acceptors (Lipinski definition) is 4. The molecule has 0 amide bonds. The van der Waals surface area contributed by atoms with Crippen molar-refractivity contribution >= 4 is 16.9 Å². The lowest BCUT2D eigenvalue weighted by Gasteiger charge is -2.30. The summed E-state index contributed by atoms with van der Waals surface area (Å²) in [7, 11) is 0. The number of amidine groups is 1. The van der Waals surface area contributed by atoms with Crippen LogP contribution in [0.15, 0.2) is 4.99 Å². The Morgan fingerprint density at radius 2 is 1.83 bits per heavy atom. The van der Waals surface area contributed by atoms with E-state index in [1.54, 1.807) is 0 Å². The predicted molar refractivity (Wildman–Crippen MR) is 83.5 cm³/mol. The summed E-state index contributed by atoms with van der Waals surface area (Å²) in [6, 6.07) is 1.21. The first-order valence-electron chi connectivity index (χ1n) is 7.12. The first kappa shape index (κ1) is 15.8. The van der Waals surface area contributed by atoms with Gasteiger partial charge in [0.05, 0.1) is 6.54 Å². The summed E-state index contributed by atoms with van der Waals surface area (Å²) in [5.74, 6) is 0.709. The summed E-state index contributed by atoms with van der Waals surface area (Å²) < 4.78 is 0. The van der Waals surface area contributed by atoms with Crippen molar-refractivity contribution in [3.63, 3.8) is 0 Å². The smallest absolute Gasteiger partial charge is 0.156 e. The van der Waals surface area contributed by atoms with Crippen LogP contribution in [0, 0.1) is 5.92 Å². The van der Waals surface area contributed by atoms with E-state index in [9.17, 15) is 0 Å². The minimum atomic E-state index is 0.605. The van der Waals surface area contributed by atoms with Gasteiger partial charge in [0.2, 0.25) is 0 Å². The van der Waals surface area contributed by atoms with Crippen LogP contribution in [0.25, 0.3) is 0 Å². The molecule has 1 N–H and O–H groups in total. The quantitative estimate of drug-likeness (QED) is 0.805. The van der Waals surface area contributed by atoms with Gasteiger partial charge in [-0.3, -0.25) is 9.89 Å². The zero-order valence-electron chi connectivity index (χ0n) is 12.7. The molecular weight excluding hydrogens is 242 g/mol. The van der Waals surface area contributed by atoms with Gasteiger partial charge in [-0.25, -0.2) is 0 Å². The van der Waals surface area contributed by atoms with Crippen LogP contribution in [0.4, 0.5) is 0 Å². The van der Waals surface area contributed by atoms with E-state index < -0.39 is 0 Å². The largest absolute Gasteiger partial charge is 0.364 e. The van der Waals surface area contributed by atoms with Crippen molar-refractivity contribution in [3.8, 4) is 0 Å². The number of rotatable bonds is 6. The van der Waals surface area contributed by atoms with Crippen LogP contribution in [-0.2, 0) is 0 Å². The summed E-state index contributed by atoms with van der Waals surface area (Å²) >= 11 is 1.91. The Labute approximate surface area is 117 Å². The van der Waals surface area contributed by atoms with Gasteiger partial charge in [0.1, 0.15) is 0 Å². The molecule has 3 nitrogen and oxygen atoms in total. The Kier molecular flexibility index (Phi) is 6.50. The molecule has 0 saturated heterocycles. The van der Waals surface area contributed by atoms with E-state index in [2.05, 4.69) is 56.8 Å². The molecule has 1 atom stereocenters. The third kappa shape index (κ3) is 4.81. The molecule has 0 fully saturated rings. The second-order valence-corrected chi connectivity index (χ2v) is 7.13. The lowest BCUT2D eigenvalue weighted by molar-refractivity contribution is 0.178. The summed E-state index contributed by atoms with van der Waals surface area (Å²) in [5.41, 5.74) is 0. The van der Waals surface area contributed by atoms with Gasteiger partial charge < -0.3 is 5.32 Å². The van der Waals surface area contributed by atoms with Gasteiger partial charge in [-0.15, -0.1) is 0 Å². The van der Waals surface area contributed by atoms with Gasteiger partial charge in [-0.05, 0) is 33.6 Å². The highest BCUT2D eigenvalue weighted by molar-refractivity contribution is 8.14. The first-order chi connectivity index (χ1) is 8.41. The molecule has 1 aliphatic heterocycles. The maximum atomic E-state index is 4.57. The van der Waals surface area contributed by atoms with Crippen LogP contribution in [0.1, 0.15) is 41.5 Å². The molecule has 0 saturated carbocycles. The zero-order chi connectivity index (χ0) is 13.7. The van der Waals surface area contributed by atoms with Crippen LogP contribution < -0.4 is 5.32 Å². The number of aliphatic imine (C=N–C) groups is 1. The molecule has 4 heteroatoms. The maximum Gasteiger partial charge on any atom is 0.156 e. The van der Waals surface area contributed by atoms with Gasteiger partial charge in [0, 0.05) is 30.4 Å². The molecule has 0 aromatic heterocycles. The molecule has 1 unspecified atom stereocenters. The monoisotopic (exact) mass is 271 g/mol. The minimum Gasteiger partial charge on any atom is -0.364 e. The minimum absolute atomic E-state index is 0.605. The van der Waals surface area contributed by atoms with Crippen molar-refractivity contribution in [2.24, 2.45) is 10.9 Å². The van der Waals surface area contributed by atoms with E-state index >= 15 is 0 Å². The second-order valence-electron chi connectivity index (χ2n) is 5.90. The molecular formula is C14H29N3S. The number of hydrogen-bond donors (Lipinski definition) is 1. The van der Waals surface area contributed by atoms with Gasteiger partial charge in [0.25, 0.3) is 0 Å². The molecule has 1 rings (SSSR count). The highest BCUT2D eigenvalue weighted by Gasteiger charge is 2.22. The third-order valence-electron chi connectivity index (χ3n) is 3.39. The lowest BCUT2D eigenvalue weighted by Crippen LogP contribution is -2.42. The van der Waals surface area contributed by atoms with E-state index in [0.29, 0.717) is 23.3 Å². The fraction of sp³-hybridized carbons (Fsp3) is 0.929. The van der Waals surface area contributed by atoms with Crippen LogP contribution in [0.2, 0.25) is 0 Å². The normalized spacial score (nSPS) is 20.3. The van der Waals surface area contributed by atoms with Crippen molar-refractivity contribution in [2.75, 3.05) is 19.6 Å². The maximum absolute atomic E-state index is 4.57. The molecule has 1 heterocycles. The molecule has 0 aliphatic carbocycles. The summed E-state index contributed by atoms with van der Waals surface area (Å²) in [5, 5.41) is 5.28. The number of nitrogens with zero attached hydrogens (tertiary/aromatic N) is 2. The van der Waals surface area contributed by atoms with E-state index in [-0.39, 0.29) is 0 Å². The summed E-state index contributed by atoms with van der Waals surface area (Å²) in [6.45, 7) is 16.6. The van der Waals surface area contributed by atoms with Crippen molar-refractivity contribution < 1.29 is 0 Å². The predicted octanol–water partition coefficient (Wildman–Crippen LogP) is 2.82. The standard InChI is InChI=1S/C14H29N3S/c1-10(2)13-9-16-14(18-13)15-7-8-17(11(3)4)12(5)6/h10-13H,7-9H2,1-6H3,(H,15,16). The molecule has 106 valence electrons. The Morgan fingerprint density at radius 1 is 1.22 bits per heavy atom. The SMILES string of the molecule is CC(C)C1CN=C(NCCN(C(C)C)C(C)C)S1. The Morgan fingerprint density at radius 3 is 2.28 bits per heavy atom. The van der Waals surface area contributed by atoms with E-state index in [4.69, 9.17) is 0 Å². The van der Waals surface area contributed by atoms with Crippen LogP contribution in [0.5, 0.6) is 0 Å². The van der Waals surface area contributed by atoms with Crippen LogP contribution in [-0.4, -0.2) is 47.0 Å². The zero-order valence-corrected chi connectivity index (χ0v) is 13.5. The van der Waals surface area contributed by atoms with Crippen molar-refractivity contribution in [1.82, 2.24) is 10.2 Å². The average Bonchev–Trinajstić information content (AvgIpc) is 2.71. The highest BCUT2D eigenvalue weighted by atomic mass is 32.2. The van der Waals surface area contributed by atoms with E-state index in [1.807, 2.05) is 11.8 Å². The molecule has 0 aromatic rings. The third-order valence-corrected chi connectivity index (χ3v) is 4.89. The topological polar surface area (TPSA) is 27.6 Å². The highest BCUT2D eigenvalue weighted by Crippen LogP contribution is 2.25. The molecule has 1 aliphatic rings. The van der Waals surface area contributed by atoms with Gasteiger partial charge >= 0.3 is 0 Å². The molecule has 0 spiro atoms. The van der Waals surface area contributed by atoms with Crippen molar-refractivity contribution in [3.05, 3.63) is 0 Å². The van der Waals surface area contributed by atoms with Crippen LogP contribution in [0.3, 0.4) is 0 Å². The van der Waals surface area contributed by atoms with Gasteiger partial charge in [-0.1, -0.05) is 25.6 Å². The van der Waals surface area contributed by atoms with Gasteiger partial charge in [-0.2, -0.15) is 0 Å². The molecule has 0 aromatic carbocycles. The Bertz CT molecular complexity index is 266. The first-order valence-corrected chi connectivity index (χ1v) is 8.00. The van der Waals surface area contributed by atoms with Crippen molar-refractivity contribution in [2.45, 2.75) is 58.9 Å². The van der Waals surface area contributed by atoms with Crippen molar-refractivity contribution in [1.29, 1.82) is 0 Å². The summed E-state index contributed by atoms with van der Waals surface area (Å²) in [4.78, 5) is 7.08. The molecule has 0 radical (unpaired) electrons. The fourth-order valence-electron chi connectivity index (χ4n) is 2.24. The number of thioether (sulfide) groups is 1. The Balaban J connectivity index is 2.26. The molecule has 0 bridgehead atoms. The molecule has 18 heavy (non-hydrogen) atoms. The second kappa shape index (κ2) is 7.39. The average molecular weight is 271 g/mol. The Hall–Kier alpha value is -0.220. The lowest BCUT2D eigenvalue weighted by atomic mass is 10.1. The summed E-state index contributed by atoms with van der Waals surface area (Å²) in [6.07, 6.45) is 0. The van der Waals surface area contributed by atoms with Crippen LogP contribution >= 0.6 is 11.8 Å². The number of nitrogens with one attached hydrogen (secondary N) is 1. The van der Waals surface area contributed by atoms with Gasteiger partial charge in [0.15, 0.2) is 5.17 Å². The fourth-order valence-corrected chi connectivity index (χ4v) is 3.28.